The predicted octanol–water partition coefficient (Wildman–Crippen LogP) is 3.12. The minimum absolute atomic E-state index is 0.317. The third-order valence-corrected chi connectivity index (χ3v) is 2.25. The van der Waals surface area contributed by atoms with Gasteiger partial charge in [0.1, 0.15) is 5.82 Å². The Kier molecular flexibility index (Phi) is 2.56. The van der Waals surface area contributed by atoms with Gasteiger partial charge >= 0.3 is 0 Å². The molecule has 0 atom stereocenters. The van der Waals surface area contributed by atoms with Crippen molar-refractivity contribution in [2.24, 2.45) is 0 Å². The highest BCUT2D eigenvalue weighted by Gasteiger charge is 2.05. The quantitative estimate of drug-likeness (QED) is 0.805. The molecule has 4 heteroatoms. The number of nitrogen functional groups attached to an aromatic ring is 1. The molecule has 2 aromatic rings. The molecule has 1 aromatic carbocycles. The van der Waals surface area contributed by atoms with Gasteiger partial charge in [-0.15, -0.1) is 0 Å². The Hall–Kier alpha value is -1.61. The molecule has 0 saturated heterocycles. The fourth-order valence-corrected chi connectivity index (χ4v) is 1.58. The molecule has 15 heavy (non-hydrogen) atoms. The molecule has 2 N–H and O–H groups in total. The van der Waals surface area contributed by atoms with E-state index in [4.69, 9.17) is 17.3 Å². The molecule has 2 rings (SSSR count). The number of rotatable bonds is 1. The maximum Gasteiger partial charge on any atom is 0.123 e. The van der Waals surface area contributed by atoms with E-state index in [1.165, 1.54) is 18.3 Å². The average molecular weight is 223 g/mol. The van der Waals surface area contributed by atoms with Crippen LogP contribution in [0.4, 0.5) is 10.1 Å². The highest BCUT2D eigenvalue weighted by Crippen LogP contribution is 2.27. The van der Waals surface area contributed by atoms with Gasteiger partial charge in [0.2, 0.25) is 0 Å². The van der Waals surface area contributed by atoms with Crippen molar-refractivity contribution in [1.82, 2.24) is 4.98 Å². The van der Waals surface area contributed by atoms with Gasteiger partial charge in [0, 0.05) is 5.56 Å². The van der Waals surface area contributed by atoms with Crippen molar-refractivity contribution in [3.63, 3.8) is 0 Å². The van der Waals surface area contributed by atoms with Crippen LogP contribution in [0.1, 0.15) is 0 Å². The number of hydrogen-bond acceptors (Lipinski definition) is 2. The van der Waals surface area contributed by atoms with Crippen molar-refractivity contribution in [3.8, 4) is 11.3 Å². The maximum atomic E-state index is 13.0. The molecule has 1 heterocycles. The van der Waals surface area contributed by atoms with E-state index in [2.05, 4.69) is 4.98 Å². The van der Waals surface area contributed by atoms with Crippen LogP contribution < -0.4 is 5.73 Å². The SMILES string of the molecule is Nc1cnc(-c2cccc(F)c2)c(Cl)c1. The van der Waals surface area contributed by atoms with Crippen molar-refractivity contribution in [3.05, 3.63) is 47.4 Å². The topological polar surface area (TPSA) is 38.9 Å². The number of benzene rings is 1. The van der Waals surface area contributed by atoms with E-state index in [1.54, 1.807) is 18.2 Å². The molecular weight excluding hydrogens is 215 g/mol. The van der Waals surface area contributed by atoms with Gasteiger partial charge in [-0.25, -0.2) is 4.39 Å². The molecular formula is C11H8ClFN2. The number of hydrogen-bond donors (Lipinski definition) is 1. The minimum Gasteiger partial charge on any atom is -0.397 e. The van der Waals surface area contributed by atoms with E-state index in [1.807, 2.05) is 0 Å². The van der Waals surface area contributed by atoms with Crippen LogP contribution in [0.25, 0.3) is 11.3 Å². The highest BCUT2D eigenvalue weighted by atomic mass is 35.5. The number of nitrogens with two attached hydrogens (primary N) is 1. The molecule has 0 saturated carbocycles. The van der Waals surface area contributed by atoms with E-state index in [0.717, 1.165) is 0 Å². The molecule has 0 aliphatic rings. The molecule has 0 spiro atoms. The maximum absolute atomic E-state index is 13.0. The molecule has 76 valence electrons. The summed E-state index contributed by atoms with van der Waals surface area (Å²) in [4.78, 5) is 4.07. The number of pyridine rings is 1. The van der Waals surface area contributed by atoms with E-state index < -0.39 is 0 Å². The summed E-state index contributed by atoms with van der Waals surface area (Å²) in [7, 11) is 0. The van der Waals surface area contributed by atoms with Gasteiger partial charge in [0.15, 0.2) is 0 Å². The fourth-order valence-electron chi connectivity index (χ4n) is 1.30. The summed E-state index contributed by atoms with van der Waals surface area (Å²) in [5, 5.41) is 0.417. The zero-order valence-corrected chi connectivity index (χ0v) is 8.50. The van der Waals surface area contributed by atoms with Gasteiger partial charge in [-0.1, -0.05) is 23.7 Å². The van der Waals surface area contributed by atoms with Gasteiger partial charge < -0.3 is 5.73 Å². The second kappa shape index (κ2) is 3.87. The van der Waals surface area contributed by atoms with Crippen molar-refractivity contribution in [1.29, 1.82) is 0 Å². The standard InChI is InChI=1S/C11H8ClFN2/c12-10-5-9(14)6-15-11(10)7-2-1-3-8(13)4-7/h1-6H,14H2. The van der Waals surface area contributed by atoms with Crippen LogP contribution in [0, 0.1) is 5.82 Å². The molecule has 1 aromatic heterocycles. The first kappa shape index (κ1) is 9.93. The molecule has 0 aliphatic heterocycles. The van der Waals surface area contributed by atoms with Crippen molar-refractivity contribution in [2.75, 3.05) is 5.73 Å². The second-order valence-electron chi connectivity index (χ2n) is 3.11. The van der Waals surface area contributed by atoms with E-state index in [0.29, 0.717) is 22.0 Å². The van der Waals surface area contributed by atoms with Crippen LogP contribution in [0.15, 0.2) is 36.5 Å². The normalized spacial score (nSPS) is 10.3. The number of nitrogens with zero attached hydrogens (tertiary/aromatic N) is 1. The van der Waals surface area contributed by atoms with Crippen LogP contribution in [0.5, 0.6) is 0 Å². The van der Waals surface area contributed by atoms with E-state index >= 15 is 0 Å². The van der Waals surface area contributed by atoms with Crippen LogP contribution >= 0.6 is 11.6 Å². The van der Waals surface area contributed by atoms with E-state index in [9.17, 15) is 4.39 Å². The Balaban J connectivity index is 2.54. The van der Waals surface area contributed by atoms with Crippen LogP contribution in [-0.4, -0.2) is 4.98 Å². The Morgan fingerprint density at radius 3 is 2.73 bits per heavy atom. The second-order valence-corrected chi connectivity index (χ2v) is 3.52. The Morgan fingerprint density at radius 2 is 2.07 bits per heavy atom. The summed E-state index contributed by atoms with van der Waals surface area (Å²) in [5.41, 5.74) is 7.17. The first-order valence-electron chi connectivity index (χ1n) is 4.34. The van der Waals surface area contributed by atoms with Gasteiger partial charge in [-0.2, -0.15) is 0 Å². The largest absolute Gasteiger partial charge is 0.397 e. The number of aromatic nitrogens is 1. The van der Waals surface area contributed by atoms with Gasteiger partial charge in [-0.05, 0) is 18.2 Å². The lowest BCUT2D eigenvalue weighted by Crippen LogP contribution is -1.90. The number of anilines is 1. The molecule has 0 amide bonds. The lowest BCUT2D eigenvalue weighted by Gasteiger charge is -2.04. The highest BCUT2D eigenvalue weighted by molar-refractivity contribution is 6.33. The summed E-state index contributed by atoms with van der Waals surface area (Å²) < 4.78 is 13.0. The van der Waals surface area contributed by atoms with Crippen molar-refractivity contribution in [2.45, 2.75) is 0 Å². The first-order valence-corrected chi connectivity index (χ1v) is 4.71. The van der Waals surface area contributed by atoms with Gasteiger partial charge in [0.05, 0.1) is 22.6 Å². The zero-order chi connectivity index (χ0) is 10.8. The summed E-state index contributed by atoms with van der Waals surface area (Å²) in [6, 6.07) is 7.69. The predicted molar refractivity (Wildman–Crippen MR) is 59.1 cm³/mol. The van der Waals surface area contributed by atoms with Crippen molar-refractivity contribution >= 4 is 17.3 Å². The molecule has 2 nitrogen and oxygen atoms in total. The molecule has 0 unspecified atom stereocenters. The third-order valence-electron chi connectivity index (χ3n) is 1.96. The summed E-state index contributed by atoms with van der Waals surface area (Å²) in [6.07, 6.45) is 1.49. The average Bonchev–Trinajstić information content (AvgIpc) is 2.17. The lowest BCUT2D eigenvalue weighted by atomic mass is 10.1. The van der Waals surface area contributed by atoms with E-state index in [-0.39, 0.29) is 5.82 Å². The summed E-state index contributed by atoms with van der Waals surface area (Å²) in [6.45, 7) is 0. The monoisotopic (exact) mass is 222 g/mol. The molecule has 0 fully saturated rings. The summed E-state index contributed by atoms with van der Waals surface area (Å²) in [5.74, 6) is -0.317. The summed E-state index contributed by atoms with van der Waals surface area (Å²) >= 11 is 5.95. The molecule has 0 aliphatic carbocycles. The molecule has 0 radical (unpaired) electrons. The van der Waals surface area contributed by atoms with Crippen LogP contribution in [-0.2, 0) is 0 Å². The Bertz CT molecular complexity index is 500. The number of halogens is 2. The Labute approximate surface area is 91.5 Å². The first-order chi connectivity index (χ1) is 7.16. The fraction of sp³-hybridized carbons (Fsp3) is 0. The van der Waals surface area contributed by atoms with Crippen molar-refractivity contribution < 1.29 is 4.39 Å². The zero-order valence-electron chi connectivity index (χ0n) is 7.74. The minimum atomic E-state index is -0.317. The van der Waals surface area contributed by atoms with Gasteiger partial charge in [-0.3, -0.25) is 4.98 Å². The van der Waals surface area contributed by atoms with Crippen LogP contribution in [0.2, 0.25) is 5.02 Å². The van der Waals surface area contributed by atoms with Gasteiger partial charge in [0.25, 0.3) is 0 Å². The molecule has 0 bridgehead atoms. The van der Waals surface area contributed by atoms with Crippen LogP contribution in [0.3, 0.4) is 0 Å². The smallest absolute Gasteiger partial charge is 0.123 e. The Morgan fingerprint density at radius 1 is 1.27 bits per heavy atom. The third kappa shape index (κ3) is 2.07. The lowest BCUT2D eigenvalue weighted by molar-refractivity contribution is 0.628.